The fourth-order valence-corrected chi connectivity index (χ4v) is 4.08. The quantitative estimate of drug-likeness (QED) is 0.715. The maximum atomic E-state index is 6.24. The van der Waals surface area contributed by atoms with E-state index >= 15 is 0 Å². The number of piperidine rings is 1. The first-order chi connectivity index (χ1) is 12.0. The zero-order chi connectivity index (χ0) is 17.4. The van der Waals surface area contributed by atoms with Crippen LogP contribution < -0.4 is 4.90 Å². The molecule has 0 unspecified atom stereocenters. The van der Waals surface area contributed by atoms with E-state index < -0.39 is 0 Å². The number of fused-ring (bicyclic) bond motifs is 1. The zero-order valence-electron chi connectivity index (χ0n) is 14.3. The minimum atomic E-state index is 0.417. The summed E-state index contributed by atoms with van der Waals surface area (Å²) in [5, 5.41) is 8.89. The van der Waals surface area contributed by atoms with Crippen LogP contribution in [0, 0.1) is 5.41 Å². The molecule has 0 bridgehead atoms. The number of hydrogen-bond donors (Lipinski definition) is 1. The molecule has 1 aliphatic heterocycles. The number of benzene rings is 1. The van der Waals surface area contributed by atoms with E-state index in [9.17, 15) is 0 Å². The number of aromatic nitrogens is 4. The van der Waals surface area contributed by atoms with Gasteiger partial charge in [0.15, 0.2) is 10.7 Å². The molecule has 5 nitrogen and oxygen atoms in total. The lowest BCUT2D eigenvalue weighted by Crippen LogP contribution is -2.37. The van der Waals surface area contributed by atoms with Crippen molar-refractivity contribution in [3.05, 3.63) is 35.5 Å². The third-order valence-corrected chi connectivity index (χ3v) is 6.21. The molecule has 1 aromatic carbocycles. The Balaban J connectivity index is 1.58. The summed E-state index contributed by atoms with van der Waals surface area (Å²) in [6.07, 6.45) is 4.19. The average molecular weight is 374 g/mol. The highest BCUT2D eigenvalue weighted by Crippen LogP contribution is 2.35. The van der Waals surface area contributed by atoms with E-state index in [2.05, 4.69) is 33.9 Å². The molecular weight excluding hydrogens is 354 g/mol. The van der Waals surface area contributed by atoms with Gasteiger partial charge in [0.05, 0.1) is 11.2 Å². The highest BCUT2D eigenvalue weighted by Gasteiger charge is 2.26. The maximum Gasteiger partial charge on any atom is 0.177 e. The summed E-state index contributed by atoms with van der Waals surface area (Å²) in [6, 6.07) is 7.73. The van der Waals surface area contributed by atoms with E-state index in [0.717, 1.165) is 40.0 Å². The fraction of sp³-hybridized carbons (Fsp3) is 0.389. The molecule has 0 amide bonds. The third-order valence-electron chi connectivity index (χ3n) is 4.71. The van der Waals surface area contributed by atoms with Crippen LogP contribution in [0.3, 0.4) is 0 Å². The van der Waals surface area contributed by atoms with Gasteiger partial charge in [0.2, 0.25) is 0 Å². The maximum absolute atomic E-state index is 6.24. The molecule has 4 rings (SSSR count). The Hall–Kier alpha value is -1.79. The molecule has 0 aliphatic carbocycles. The third kappa shape index (κ3) is 3.46. The number of H-pyrrole nitrogens is 1. The standard InChI is InChI=1S/C18H20ClN5S/c1-18(2)7-9-24(10-8-18)14-11-20-15-16(21-14)22-23-17(15)25-13-6-4-3-5-12(13)19/h3-6,11H,7-10H2,1-2H3,(H,21,22,23). The Morgan fingerprint density at radius 2 is 1.96 bits per heavy atom. The summed E-state index contributed by atoms with van der Waals surface area (Å²) in [5.74, 6) is 0.918. The van der Waals surface area contributed by atoms with Crippen LogP contribution in [0.4, 0.5) is 5.82 Å². The van der Waals surface area contributed by atoms with Gasteiger partial charge in [0, 0.05) is 18.0 Å². The lowest BCUT2D eigenvalue weighted by atomic mass is 9.83. The first-order valence-corrected chi connectivity index (χ1v) is 9.60. The minimum Gasteiger partial charge on any atom is -0.355 e. The lowest BCUT2D eigenvalue weighted by Gasteiger charge is -2.37. The largest absolute Gasteiger partial charge is 0.355 e. The Labute approximate surface area is 156 Å². The second kappa shape index (κ2) is 6.50. The molecule has 1 saturated heterocycles. The summed E-state index contributed by atoms with van der Waals surface area (Å²) in [5.41, 5.74) is 1.92. The van der Waals surface area contributed by atoms with Gasteiger partial charge in [0.1, 0.15) is 11.3 Å². The van der Waals surface area contributed by atoms with Gasteiger partial charge in [-0.1, -0.05) is 49.3 Å². The Morgan fingerprint density at radius 3 is 2.72 bits per heavy atom. The van der Waals surface area contributed by atoms with Crippen LogP contribution >= 0.6 is 23.4 Å². The Bertz CT molecular complexity index is 897. The van der Waals surface area contributed by atoms with Crippen molar-refractivity contribution in [2.45, 2.75) is 36.6 Å². The van der Waals surface area contributed by atoms with Crippen LogP contribution in [0.2, 0.25) is 5.02 Å². The van der Waals surface area contributed by atoms with E-state index in [1.807, 2.05) is 30.5 Å². The molecule has 25 heavy (non-hydrogen) atoms. The molecule has 0 atom stereocenters. The smallest absolute Gasteiger partial charge is 0.177 e. The zero-order valence-corrected chi connectivity index (χ0v) is 15.9. The number of nitrogens with one attached hydrogen (secondary N) is 1. The van der Waals surface area contributed by atoms with Gasteiger partial charge in [-0.15, -0.1) is 0 Å². The van der Waals surface area contributed by atoms with Gasteiger partial charge >= 0.3 is 0 Å². The number of hydrogen-bond acceptors (Lipinski definition) is 5. The van der Waals surface area contributed by atoms with Crippen LogP contribution in [0.25, 0.3) is 11.2 Å². The topological polar surface area (TPSA) is 57.7 Å². The van der Waals surface area contributed by atoms with E-state index in [-0.39, 0.29) is 0 Å². The Kier molecular flexibility index (Phi) is 4.33. The second-order valence-corrected chi connectivity index (χ2v) is 8.58. The van der Waals surface area contributed by atoms with Crippen molar-refractivity contribution in [2.24, 2.45) is 5.41 Å². The summed E-state index contributed by atoms with van der Waals surface area (Å²) in [4.78, 5) is 12.6. The van der Waals surface area contributed by atoms with Crippen LogP contribution in [-0.2, 0) is 0 Å². The predicted molar refractivity (Wildman–Crippen MR) is 102 cm³/mol. The molecule has 3 aromatic rings. The van der Waals surface area contributed by atoms with Crippen LogP contribution in [0.1, 0.15) is 26.7 Å². The summed E-state index contributed by atoms with van der Waals surface area (Å²) in [6.45, 7) is 6.68. The number of halogens is 1. The van der Waals surface area contributed by atoms with Gasteiger partial charge in [-0.05, 0) is 30.4 Å². The van der Waals surface area contributed by atoms with E-state index in [1.54, 1.807) is 0 Å². The van der Waals surface area contributed by atoms with Crippen molar-refractivity contribution >= 4 is 40.3 Å². The monoisotopic (exact) mass is 373 g/mol. The average Bonchev–Trinajstić information content (AvgIpc) is 2.99. The molecule has 130 valence electrons. The molecular formula is C18H20ClN5S. The van der Waals surface area contributed by atoms with Crippen LogP contribution in [-0.4, -0.2) is 33.3 Å². The highest BCUT2D eigenvalue weighted by atomic mass is 35.5. The summed E-state index contributed by atoms with van der Waals surface area (Å²) in [7, 11) is 0. The van der Waals surface area contributed by atoms with Crippen LogP contribution in [0.15, 0.2) is 40.4 Å². The van der Waals surface area contributed by atoms with Gasteiger partial charge < -0.3 is 4.90 Å². The molecule has 0 saturated carbocycles. The lowest BCUT2D eigenvalue weighted by molar-refractivity contribution is 0.279. The summed E-state index contributed by atoms with van der Waals surface area (Å²) < 4.78 is 0. The molecule has 0 spiro atoms. The van der Waals surface area contributed by atoms with Gasteiger partial charge in [0.25, 0.3) is 0 Å². The Morgan fingerprint density at radius 1 is 1.20 bits per heavy atom. The molecule has 7 heteroatoms. The van der Waals surface area contributed by atoms with E-state index in [1.165, 1.54) is 24.6 Å². The normalized spacial score (nSPS) is 17.2. The second-order valence-electron chi connectivity index (χ2n) is 7.14. The number of anilines is 1. The molecule has 1 N–H and O–H groups in total. The van der Waals surface area contributed by atoms with Gasteiger partial charge in [-0.25, -0.2) is 9.97 Å². The van der Waals surface area contributed by atoms with E-state index in [4.69, 9.17) is 16.6 Å². The van der Waals surface area contributed by atoms with Crippen molar-refractivity contribution in [3.8, 4) is 0 Å². The van der Waals surface area contributed by atoms with Crippen molar-refractivity contribution < 1.29 is 0 Å². The van der Waals surface area contributed by atoms with E-state index in [0.29, 0.717) is 10.4 Å². The fourth-order valence-electron chi connectivity index (χ4n) is 2.97. The van der Waals surface area contributed by atoms with Crippen molar-refractivity contribution in [1.29, 1.82) is 0 Å². The molecule has 1 aliphatic rings. The van der Waals surface area contributed by atoms with Crippen molar-refractivity contribution in [3.63, 3.8) is 0 Å². The number of nitrogens with zero attached hydrogens (tertiary/aromatic N) is 4. The van der Waals surface area contributed by atoms with Crippen LogP contribution in [0.5, 0.6) is 0 Å². The first kappa shape index (κ1) is 16.7. The minimum absolute atomic E-state index is 0.417. The summed E-state index contributed by atoms with van der Waals surface area (Å²) >= 11 is 7.74. The van der Waals surface area contributed by atoms with Gasteiger partial charge in [-0.2, -0.15) is 5.10 Å². The SMILES string of the molecule is CC1(C)CCN(c2cnc3c(Sc4ccccc4Cl)n[nH]c3n2)CC1. The highest BCUT2D eigenvalue weighted by molar-refractivity contribution is 7.99. The first-order valence-electron chi connectivity index (χ1n) is 8.40. The molecule has 2 aromatic heterocycles. The number of rotatable bonds is 3. The molecule has 3 heterocycles. The molecule has 1 fully saturated rings. The van der Waals surface area contributed by atoms with Gasteiger partial charge in [-0.3, -0.25) is 5.10 Å². The van der Waals surface area contributed by atoms with Crippen molar-refractivity contribution in [1.82, 2.24) is 20.2 Å². The predicted octanol–water partition coefficient (Wildman–Crippen LogP) is 4.78. The van der Waals surface area contributed by atoms with Crippen molar-refractivity contribution in [2.75, 3.05) is 18.0 Å². The molecule has 0 radical (unpaired) electrons. The number of aromatic amines is 1.